The first-order valence-electron chi connectivity index (χ1n) is 7.85. The lowest BCUT2D eigenvalue weighted by molar-refractivity contribution is -0.140. The molecule has 1 N–H and O–H groups in total. The summed E-state index contributed by atoms with van der Waals surface area (Å²) < 4.78 is 0. The van der Waals surface area contributed by atoms with Gasteiger partial charge < -0.3 is 5.11 Å². The Morgan fingerprint density at radius 1 is 1.09 bits per heavy atom. The number of carboxylic acid groups (broad SMARTS) is 1. The summed E-state index contributed by atoms with van der Waals surface area (Å²) in [5.41, 5.74) is 4.06. The highest BCUT2D eigenvalue weighted by Crippen LogP contribution is 2.35. The molecule has 0 aliphatic heterocycles. The molecule has 1 atom stereocenters. The van der Waals surface area contributed by atoms with Crippen LogP contribution in [0.3, 0.4) is 0 Å². The van der Waals surface area contributed by atoms with E-state index in [0.717, 1.165) is 16.7 Å². The molecule has 0 bridgehead atoms. The molecular weight excluding hydrogens is 276 g/mol. The third-order valence-corrected chi connectivity index (χ3v) is 4.76. The van der Waals surface area contributed by atoms with E-state index >= 15 is 0 Å². The Morgan fingerprint density at radius 2 is 1.59 bits per heavy atom. The van der Waals surface area contributed by atoms with Crippen LogP contribution >= 0.6 is 0 Å². The SMILES string of the molecule is Cc1cc(C)c(CC(=O)CC(C)(CC(=O)O)C(C)C)c(C)c1. The lowest BCUT2D eigenvalue weighted by atomic mass is 9.72. The number of benzene rings is 1. The molecule has 0 radical (unpaired) electrons. The van der Waals surface area contributed by atoms with Crippen molar-refractivity contribution in [2.24, 2.45) is 11.3 Å². The summed E-state index contributed by atoms with van der Waals surface area (Å²) >= 11 is 0. The number of hydrogen-bond donors (Lipinski definition) is 1. The Balaban J connectivity index is 2.91. The Labute approximate surface area is 133 Å². The number of carboxylic acids is 1. The largest absolute Gasteiger partial charge is 0.481 e. The summed E-state index contributed by atoms with van der Waals surface area (Å²) in [6.07, 6.45) is 0.728. The fourth-order valence-electron chi connectivity index (χ4n) is 3.02. The molecule has 0 spiro atoms. The molecule has 0 fully saturated rings. The highest BCUT2D eigenvalue weighted by atomic mass is 16.4. The van der Waals surface area contributed by atoms with Gasteiger partial charge >= 0.3 is 5.97 Å². The number of carbonyl (C=O) groups is 2. The van der Waals surface area contributed by atoms with Crippen LogP contribution in [0.5, 0.6) is 0 Å². The number of aryl methyl sites for hydroxylation is 3. The minimum atomic E-state index is -0.841. The lowest BCUT2D eigenvalue weighted by Crippen LogP contribution is -2.30. The van der Waals surface area contributed by atoms with Crippen molar-refractivity contribution in [1.82, 2.24) is 0 Å². The van der Waals surface area contributed by atoms with Gasteiger partial charge in [0.15, 0.2) is 0 Å². The molecule has 1 aromatic rings. The first-order chi connectivity index (χ1) is 10.0. The average Bonchev–Trinajstić information content (AvgIpc) is 2.32. The van der Waals surface area contributed by atoms with Gasteiger partial charge in [0.05, 0.1) is 6.42 Å². The molecule has 0 amide bonds. The number of Topliss-reactive ketones (excluding diaryl/α,β-unsaturated/α-hetero) is 1. The highest BCUT2D eigenvalue weighted by Gasteiger charge is 2.33. The smallest absolute Gasteiger partial charge is 0.303 e. The summed E-state index contributed by atoms with van der Waals surface area (Å²) in [5.74, 6) is -0.577. The maximum absolute atomic E-state index is 12.5. The van der Waals surface area contributed by atoms with Crippen LogP contribution in [0.2, 0.25) is 0 Å². The Morgan fingerprint density at radius 3 is 2.00 bits per heavy atom. The second-order valence-corrected chi connectivity index (χ2v) is 7.15. The first-order valence-corrected chi connectivity index (χ1v) is 7.85. The Bertz CT molecular complexity index is 549. The van der Waals surface area contributed by atoms with Crippen molar-refractivity contribution in [3.05, 3.63) is 34.4 Å². The van der Waals surface area contributed by atoms with Crippen LogP contribution in [0.1, 0.15) is 55.9 Å². The number of ketones is 1. The highest BCUT2D eigenvalue weighted by molar-refractivity contribution is 5.83. The van der Waals surface area contributed by atoms with Crippen LogP contribution in [0.4, 0.5) is 0 Å². The van der Waals surface area contributed by atoms with E-state index in [1.165, 1.54) is 5.56 Å². The molecule has 3 heteroatoms. The normalized spacial score (nSPS) is 14.0. The van der Waals surface area contributed by atoms with Gasteiger partial charge in [-0.1, -0.05) is 38.5 Å². The number of rotatable bonds is 7. The second kappa shape index (κ2) is 7.08. The van der Waals surface area contributed by atoms with E-state index in [1.54, 1.807) is 0 Å². The van der Waals surface area contributed by atoms with Crippen LogP contribution in [-0.2, 0) is 16.0 Å². The van der Waals surface area contributed by atoms with E-state index in [2.05, 4.69) is 12.1 Å². The molecule has 0 aliphatic carbocycles. The summed E-state index contributed by atoms with van der Waals surface area (Å²) in [6.45, 7) is 12.0. The van der Waals surface area contributed by atoms with E-state index in [4.69, 9.17) is 5.11 Å². The van der Waals surface area contributed by atoms with Gasteiger partial charge in [-0.3, -0.25) is 9.59 Å². The number of aliphatic carboxylic acids is 1. The van der Waals surface area contributed by atoms with Gasteiger partial charge in [-0.2, -0.15) is 0 Å². The summed E-state index contributed by atoms with van der Waals surface area (Å²) in [5, 5.41) is 9.11. The third-order valence-electron chi connectivity index (χ3n) is 4.76. The number of hydrogen-bond acceptors (Lipinski definition) is 2. The lowest BCUT2D eigenvalue weighted by Gasteiger charge is -2.31. The molecule has 1 unspecified atom stereocenters. The van der Waals surface area contributed by atoms with Crippen molar-refractivity contribution >= 4 is 11.8 Å². The molecule has 0 aliphatic rings. The summed E-state index contributed by atoms with van der Waals surface area (Å²) in [4.78, 5) is 23.6. The van der Waals surface area contributed by atoms with Crippen molar-refractivity contribution in [3.63, 3.8) is 0 Å². The van der Waals surface area contributed by atoms with Crippen LogP contribution in [0.25, 0.3) is 0 Å². The topological polar surface area (TPSA) is 54.4 Å². The van der Waals surface area contributed by atoms with Crippen LogP contribution in [0.15, 0.2) is 12.1 Å². The fraction of sp³-hybridized carbons (Fsp3) is 0.579. The van der Waals surface area contributed by atoms with Crippen molar-refractivity contribution in [2.45, 2.75) is 60.8 Å². The minimum Gasteiger partial charge on any atom is -0.481 e. The molecule has 0 aromatic heterocycles. The predicted octanol–water partition coefficient (Wildman–Crippen LogP) is 4.25. The molecular formula is C19H28O3. The van der Waals surface area contributed by atoms with Crippen molar-refractivity contribution in [3.8, 4) is 0 Å². The van der Waals surface area contributed by atoms with E-state index in [9.17, 15) is 9.59 Å². The summed E-state index contributed by atoms with van der Waals surface area (Å²) in [6, 6.07) is 4.18. The minimum absolute atomic E-state index is 0.0300. The van der Waals surface area contributed by atoms with Crippen LogP contribution in [0, 0.1) is 32.1 Å². The van der Waals surface area contributed by atoms with Crippen molar-refractivity contribution in [2.75, 3.05) is 0 Å². The molecule has 1 rings (SSSR count). The molecule has 122 valence electrons. The third kappa shape index (κ3) is 4.69. The van der Waals surface area contributed by atoms with E-state index in [1.807, 2.05) is 41.5 Å². The van der Waals surface area contributed by atoms with Crippen molar-refractivity contribution in [1.29, 1.82) is 0 Å². The zero-order valence-electron chi connectivity index (χ0n) is 14.6. The molecule has 22 heavy (non-hydrogen) atoms. The van der Waals surface area contributed by atoms with Gasteiger partial charge in [0.1, 0.15) is 5.78 Å². The Kier molecular flexibility index (Phi) is 5.92. The molecule has 1 aromatic carbocycles. The van der Waals surface area contributed by atoms with E-state index in [-0.39, 0.29) is 18.1 Å². The van der Waals surface area contributed by atoms with Gasteiger partial charge in [0.2, 0.25) is 0 Å². The standard InChI is InChI=1S/C19H28O3/c1-12(2)19(6,11-18(21)22)10-16(20)9-17-14(4)7-13(3)8-15(17)5/h7-8,12H,9-11H2,1-6H3,(H,21,22). The monoisotopic (exact) mass is 304 g/mol. The summed E-state index contributed by atoms with van der Waals surface area (Å²) in [7, 11) is 0. The van der Waals surface area contributed by atoms with Gasteiger partial charge in [-0.05, 0) is 48.8 Å². The second-order valence-electron chi connectivity index (χ2n) is 7.15. The quantitative estimate of drug-likeness (QED) is 0.819. The predicted molar refractivity (Wildman–Crippen MR) is 89.2 cm³/mol. The molecule has 3 nitrogen and oxygen atoms in total. The average molecular weight is 304 g/mol. The van der Waals surface area contributed by atoms with E-state index in [0.29, 0.717) is 12.8 Å². The van der Waals surface area contributed by atoms with Gasteiger partial charge in [0, 0.05) is 12.8 Å². The van der Waals surface area contributed by atoms with Gasteiger partial charge in [0.25, 0.3) is 0 Å². The van der Waals surface area contributed by atoms with Crippen LogP contribution in [-0.4, -0.2) is 16.9 Å². The van der Waals surface area contributed by atoms with Crippen LogP contribution < -0.4 is 0 Å². The molecule has 0 saturated carbocycles. The van der Waals surface area contributed by atoms with Gasteiger partial charge in [-0.25, -0.2) is 0 Å². The van der Waals surface area contributed by atoms with Crippen molar-refractivity contribution < 1.29 is 14.7 Å². The molecule has 0 heterocycles. The zero-order chi connectivity index (χ0) is 17.1. The van der Waals surface area contributed by atoms with Gasteiger partial charge in [-0.15, -0.1) is 0 Å². The maximum atomic E-state index is 12.5. The Hall–Kier alpha value is -1.64. The molecule has 0 saturated heterocycles. The zero-order valence-corrected chi connectivity index (χ0v) is 14.6. The first kappa shape index (κ1) is 18.4. The van der Waals surface area contributed by atoms with E-state index < -0.39 is 11.4 Å². The maximum Gasteiger partial charge on any atom is 0.303 e. The number of carbonyl (C=O) groups excluding carboxylic acids is 1. The fourth-order valence-corrected chi connectivity index (χ4v) is 3.02.